The lowest BCUT2D eigenvalue weighted by Gasteiger charge is -2.27. The van der Waals surface area contributed by atoms with Crippen LogP contribution in [-0.2, 0) is 4.79 Å². The van der Waals surface area contributed by atoms with Gasteiger partial charge in [0, 0.05) is 25.9 Å². The van der Waals surface area contributed by atoms with Gasteiger partial charge in [0.05, 0.1) is 6.04 Å². The van der Waals surface area contributed by atoms with Gasteiger partial charge in [0.15, 0.2) is 0 Å². The third-order valence-corrected chi connectivity index (χ3v) is 3.11. The zero-order valence-corrected chi connectivity index (χ0v) is 9.79. The first kappa shape index (κ1) is 11.1. The van der Waals surface area contributed by atoms with Crippen molar-refractivity contribution in [2.24, 2.45) is 0 Å². The van der Waals surface area contributed by atoms with E-state index in [0.717, 1.165) is 18.7 Å². The van der Waals surface area contributed by atoms with Gasteiger partial charge < -0.3 is 10.6 Å². The first-order valence-corrected chi connectivity index (χ1v) is 5.74. The van der Waals surface area contributed by atoms with Crippen molar-refractivity contribution in [3.63, 3.8) is 0 Å². The van der Waals surface area contributed by atoms with Crippen LogP contribution in [0, 0.1) is 0 Å². The Labute approximate surface area is 96.2 Å². The second kappa shape index (κ2) is 4.66. The van der Waals surface area contributed by atoms with E-state index in [1.54, 1.807) is 6.92 Å². The molecule has 1 saturated heterocycles. The van der Waals surface area contributed by atoms with Crippen LogP contribution < -0.4 is 10.6 Å². The molecule has 16 heavy (non-hydrogen) atoms. The number of benzene rings is 1. The minimum Gasteiger partial charge on any atom is -0.350 e. The summed E-state index contributed by atoms with van der Waals surface area (Å²) >= 11 is 0. The summed E-state index contributed by atoms with van der Waals surface area (Å²) in [5.74, 6) is 0.685. The fourth-order valence-corrected chi connectivity index (χ4v) is 1.97. The van der Waals surface area contributed by atoms with Crippen LogP contribution in [-0.4, -0.2) is 19.0 Å². The predicted molar refractivity (Wildman–Crippen MR) is 64.3 cm³/mol. The van der Waals surface area contributed by atoms with Gasteiger partial charge in [-0.15, -0.1) is 0 Å². The number of amides is 1. The Morgan fingerprint density at radius 3 is 2.44 bits per heavy atom. The van der Waals surface area contributed by atoms with Crippen molar-refractivity contribution in [1.82, 2.24) is 10.6 Å². The molecule has 1 heterocycles. The average Bonchev–Trinajstić information content (AvgIpc) is 2.15. The largest absolute Gasteiger partial charge is 0.350 e. The molecule has 1 aromatic carbocycles. The summed E-state index contributed by atoms with van der Waals surface area (Å²) in [5.41, 5.74) is 2.55. The summed E-state index contributed by atoms with van der Waals surface area (Å²) in [6.07, 6.45) is 0. The minimum absolute atomic E-state index is 0.0137. The Morgan fingerprint density at radius 2 is 2.00 bits per heavy atom. The smallest absolute Gasteiger partial charge is 0.217 e. The molecule has 2 rings (SSSR count). The topological polar surface area (TPSA) is 41.1 Å². The quantitative estimate of drug-likeness (QED) is 0.808. The summed E-state index contributed by atoms with van der Waals surface area (Å²) in [5, 5.41) is 6.15. The number of carbonyl (C=O) groups is 1. The van der Waals surface area contributed by atoms with E-state index in [4.69, 9.17) is 0 Å². The molecule has 0 bridgehead atoms. The standard InChI is InChI=1S/C13H18N2O/c1-9(15-10(2)16)11-3-5-12(6-4-11)13-7-14-8-13/h3-6,9,13-14H,7-8H2,1-2H3,(H,15,16)/t9-/m0/s1. The van der Waals surface area contributed by atoms with Gasteiger partial charge in [0.2, 0.25) is 5.91 Å². The lowest BCUT2D eigenvalue weighted by molar-refractivity contribution is -0.119. The zero-order chi connectivity index (χ0) is 11.5. The SMILES string of the molecule is CC(=O)N[C@@H](C)c1ccc(C2CNC2)cc1. The number of rotatable bonds is 3. The maximum atomic E-state index is 10.9. The average molecular weight is 218 g/mol. The van der Waals surface area contributed by atoms with E-state index in [1.165, 1.54) is 5.56 Å². The fourth-order valence-electron chi connectivity index (χ4n) is 1.97. The van der Waals surface area contributed by atoms with E-state index < -0.39 is 0 Å². The molecule has 0 radical (unpaired) electrons. The molecule has 1 fully saturated rings. The van der Waals surface area contributed by atoms with Crippen LogP contribution in [0.15, 0.2) is 24.3 Å². The van der Waals surface area contributed by atoms with Crippen molar-refractivity contribution < 1.29 is 4.79 Å². The van der Waals surface area contributed by atoms with E-state index in [1.807, 2.05) is 6.92 Å². The molecule has 1 amide bonds. The molecule has 0 unspecified atom stereocenters. The normalized spacial score (nSPS) is 17.6. The third-order valence-electron chi connectivity index (χ3n) is 3.11. The predicted octanol–water partition coefficient (Wildman–Crippen LogP) is 1.57. The summed E-state index contributed by atoms with van der Waals surface area (Å²) in [6, 6.07) is 8.63. The van der Waals surface area contributed by atoms with Crippen LogP contribution in [0.5, 0.6) is 0 Å². The summed E-state index contributed by atoms with van der Waals surface area (Å²) in [6.45, 7) is 5.72. The summed E-state index contributed by atoms with van der Waals surface area (Å²) in [7, 11) is 0. The molecule has 2 N–H and O–H groups in total. The van der Waals surface area contributed by atoms with Gasteiger partial charge in [-0.05, 0) is 18.1 Å². The van der Waals surface area contributed by atoms with Crippen molar-refractivity contribution in [3.8, 4) is 0 Å². The zero-order valence-electron chi connectivity index (χ0n) is 9.79. The number of nitrogens with one attached hydrogen (secondary N) is 2. The molecule has 3 heteroatoms. The van der Waals surface area contributed by atoms with Crippen LogP contribution in [0.2, 0.25) is 0 Å². The van der Waals surface area contributed by atoms with Crippen molar-refractivity contribution in [2.45, 2.75) is 25.8 Å². The van der Waals surface area contributed by atoms with Crippen molar-refractivity contribution >= 4 is 5.91 Å². The van der Waals surface area contributed by atoms with Crippen LogP contribution in [0.1, 0.15) is 36.9 Å². The van der Waals surface area contributed by atoms with Crippen molar-refractivity contribution in [3.05, 3.63) is 35.4 Å². The Balaban J connectivity index is 2.03. The maximum Gasteiger partial charge on any atom is 0.217 e. The van der Waals surface area contributed by atoms with Gasteiger partial charge in [0.25, 0.3) is 0 Å². The summed E-state index contributed by atoms with van der Waals surface area (Å²) < 4.78 is 0. The van der Waals surface area contributed by atoms with E-state index in [2.05, 4.69) is 34.9 Å². The first-order valence-electron chi connectivity index (χ1n) is 5.74. The number of carbonyl (C=O) groups excluding carboxylic acids is 1. The van der Waals surface area contributed by atoms with Crippen molar-refractivity contribution in [1.29, 1.82) is 0 Å². The molecule has 0 aromatic heterocycles. The highest BCUT2D eigenvalue weighted by atomic mass is 16.1. The van der Waals surface area contributed by atoms with E-state index in [-0.39, 0.29) is 11.9 Å². The molecular weight excluding hydrogens is 200 g/mol. The maximum absolute atomic E-state index is 10.9. The lowest BCUT2D eigenvalue weighted by atomic mass is 9.92. The molecule has 86 valence electrons. The van der Waals surface area contributed by atoms with Crippen LogP contribution in [0.4, 0.5) is 0 Å². The van der Waals surface area contributed by atoms with E-state index >= 15 is 0 Å². The van der Waals surface area contributed by atoms with Crippen LogP contribution in [0.25, 0.3) is 0 Å². The molecule has 1 aromatic rings. The Bertz CT molecular complexity index is 368. The molecule has 3 nitrogen and oxygen atoms in total. The number of hydrogen-bond acceptors (Lipinski definition) is 2. The van der Waals surface area contributed by atoms with Gasteiger partial charge >= 0.3 is 0 Å². The Morgan fingerprint density at radius 1 is 1.38 bits per heavy atom. The van der Waals surface area contributed by atoms with Crippen LogP contribution in [0.3, 0.4) is 0 Å². The van der Waals surface area contributed by atoms with Gasteiger partial charge in [0.1, 0.15) is 0 Å². The second-order valence-electron chi connectivity index (χ2n) is 4.44. The Hall–Kier alpha value is -1.35. The molecule has 0 spiro atoms. The van der Waals surface area contributed by atoms with Crippen molar-refractivity contribution in [2.75, 3.05) is 13.1 Å². The second-order valence-corrected chi connectivity index (χ2v) is 4.44. The molecule has 1 atom stereocenters. The molecule has 1 aliphatic heterocycles. The Kier molecular flexibility index (Phi) is 3.25. The first-order chi connectivity index (χ1) is 7.66. The molecule has 0 aliphatic carbocycles. The minimum atomic E-state index is 0.0137. The fraction of sp³-hybridized carbons (Fsp3) is 0.462. The van der Waals surface area contributed by atoms with Gasteiger partial charge in [-0.3, -0.25) is 4.79 Å². The third kappa shape index (κ3) is 2.42. The highest BCUT2D eigenvalue weighted by Gasteiger charge is 2.18. The van der Waals surface area contributed by atoms with Gasteiger partial charge in [-0.25, -0.2) is 0 Å². The van der Waals surface area contributed by atoms with E-state index in [0.29, 0.717) is 5.92 Å². The molecule has 0 saturated carbocycles. The molecule has 1 aliphatic rings. The highest BCUT2D eigenvalue weighted by Crippen LogP contribution is 2.21. The van der Waals surface area contributed by atoms with Crippen LogP contribution >= 0.6 is 0 Å². The lowest BCUT2D eigenvalue weighted by Crippen LogP contribution is -2.39. The monoisotopic (exact) mass is 218 g/mol. The number of hydrogen-bond donors (Lipinski definition) is 2. The van der Waals surface area contributed by atoms with E-state index in [9.17, 15) is 4.79 Å². The highest BCUT2D eigenvalue weighted by molar-refractivity contribution is 5.73. The van der Waals surface area contributed by atoms with Gasteiger partial charge in [-0.1, -0.05) is 24.3 Å². The van der Waals surface area contributed by atoms with Gasteiger partial charge in [-0.2, -0.15) is 0 Å². The molecular formula is C13H18N2O. The summed E-state index contributed by atoms with van der Waals surface area (Å²) in [4.78, 5) is 10.9.